The number of rotatable bonds is 3. The molecule has 0 atom stereocenters. The molecule has 0 unspecified atom stereocenters. The van der Waals surface area contributed by atoms with Gasteiger partial charge in [0.15, 0.2) is 0 Å². The van der Waals surface area contributed by atoms with E-state index in [4.69, 9.17) is 4.74 Å². The molecule has 0 aliphatic carbocycles. The molecule has 1 aromatic carbocycles. The summed E-state index contributed by atoms with van der Waals surface area (Å²) in [7, 11) is 0. The first-order valence-electron chi connectivity index (χ1n) is 4.00. The Kier molecular flexibility index (Phi) is 3.01. The lowest BCUT2D eigenvalue weighted by atomic mass is 10.1. The number of benzene rings is 1. The van der Waals surface area contributed by atoms with Crippen molar-refractivity contribution in [3.05, 3.63) is 33.4 Å². The third kappa shape index (κ3) is 1.99. The Hall–Kier alpha value is -1.65. The van der Waals surface area contributed by atoms with E-state index in [9.17, 15) is 14.5 Å². The van der Waals surface area contributed by atoms with Crippen molar-refractivity contribution in [2.24, 2.45) is 0 Å². The molecule has 1 aromatic rings. The van der Waals surface area contributed by atoms with Crippen LogP contribution in [0.25, 0.3) is 0 Å². The number of hydrogen-bond donors (Lipinski definition) is 0. The Morgan fingerprint density at radius 2 is 1.93 bits per heavy atom. The Morgan fingerprint density at radius 3 is 2.29 bits per heavy atom. The maximum Gasteiger partial charge on any atom is 0.270 e. The standard InChI is InChI=1S/C9H10FNO3/c1-6-3-8(11(12)13)4-7(2)9(6)14-5-10/h3-4H,5H2,1-2H3. The molecule has 0 N–H and O–H groups in total. The van der Waals surface area contributed by atoms with Crippen LogP contribution in [0.4, 0.5) is 10.1 Å². The molecule has 14 heavy (non-hydrogen) atoms. The van der Waals surface area contributed by atoms with Gasteiger partial charge in [-0.05, 0) is 25.0 Å². The van der Waals surface area contributed by atoms with E-state index in [1.807, 2.05) is 0 Å². The number of aryl methyl sites for hydroxylation is 2. The zero-order valence-electron chi connectivity index (χ0n) is 7.91. The highest BCUT2D eigenvalue weighted by Crippen LogP contribution is 2.28. The number of nitrogens with zero attached hydrogens (tertiary/aromatic N) is 1. The smallest absolute Gasteiger partial charge is 0.270 e. The van der Waals surface area contributed by atoms with E-state index < -0.39 is 11.8 Å². The lowest BCUT2D eigenvalue weighted by Gasteiger charge is -2.08. The van der Waals surface area contributed by atoms with Gasteiger partial charge in [0.25, 0.3) is 5.69 Å². The Labute approximate surface area is 80.5 Å². The molecule has 0 saturated heterocycles. The highest BCUT2D eigenvalue weighted by atomic mass is 19.1. The summed E-state index contributed by atoms with van der Waals surface area (Å²) in [5.41, 5.74) is 1.12. The van der Waals surface area contributed by atoms with Crippen LogP contribution in [0.15, 0.2) is 12.1 Å². The zero-order chi connectivity index (χ0) is 10.7. The van der Waals surface area contributed by atoms with Crippen LogP contribution in [-0.2, 0) is 0 Å². The van der Waals surface area contributed by atoms with Crippen LogP contribution in [0.5, 0.6) is 5.75 Å². The van der Waals surface area contributed by atoms with E-state index >= 15 is 0 Å². The maximum atomic E-state index is 11.9. The van der Waals surface area contributed by atoms with Gasteiger partial charge in [0, 0.05) is 12.1 Å². The number of nitro benzene ring substituents is 1. The van der Waals surface area contributed by atoms with Gasteiger partial charge in [-0.1, -0.05) is 0 Å². The molecular weight excluding hydrogens is 189 g/mol. The number of nitro groups is 1. The minimum Gasteiger partial charge on any atom is -0.462 e. The summed E-state index contributed by atoms with van der Waals surface area (Å²) in [5, 5.41) is 10.5. The van der Waals surface area contributed by atoms with E-state index in [0.717, 1.165) is 0 Å². The largest absolute Gasteiger partial charge is 0.462 e. The van der Waals surface area contributed by atoms with Crippen molar-refractivity contribution < 1.29 is 14.1 Å². The van der Waals surface area contributed by atoms with E-state index in [1.165, 1.54) is 12.1 Å². The van der Waals surface area contributed by atoms with Gasteiger partial charge in [0.1, 0.15) is 5.75 Å². The number of non-ortho nitro benzene ring substituents is 1. The Balaban J connectivity index is 3.18. The van der Waals surface area contributed by atoms with E-state index in [-0.39, 0.29) is 5.69 Å². The van der Waals surface area contributed by atoms with Crippen molar-refractivity contribution in [2.75, 3.05) is 6.86 Å². The molecule has 0 amide bonds. The minimum absolute atomic E-state index is 0.00814. The molecular formula is C9H10FNO3. The van der Waals surface area contributed by atoms with Gasteiger partial charge >= 0.3 is 0 Å². The van der Waals surface area contributed by atoms with Crippen molar-refractivity contribution in [2.45, 2.75) is 13.8 Å². The molecule has 0 aliphatic rings. The molecule has 0 spiro atoms. The first-order valence-corrected chi connectivity index (χ1v) is 4.00. The Bertz CT molecular complexity index is 342. The van der Waals surface area contributed by atoms with Crippen molar-refractivity contribution in [1.29, 1.82) is 0 Å². The second-order valence-corrected chi connectivity index (χ2v) is 2.92. The van der Waals surface area contributed by atoms with Crippen LogP contribution < -0.4 is 4.74 Å². The van der Waals surface area contributed by atoms with Crippen LogP contribution in [0, 0.1) is 24.0 Å². The third-order valence-electron chi connectivity index (χ3n) is 1.85. The summed E-state index contributed by atoms with van der Waals surface area (Å²) in [4.78, 5) is 9.98. The molecule has 0 radical (unpaired) electrons. The molecule has 0 aliphatic heterocycles. The molecule has 0 bridgehead atoms. The van der Waals surface area contributed by atoms with Crippen LogP contribution in [0.1, 0.15) is 11.1 Å². The first kappa shape index (κ1) is 10.4. The lowest BCUT2D eigenvalue weighted by molar-refractivity contribution is -0.385. The van der Waals surface area contributed by atoms with Crippen molar-refractivity contribution in [3.8, 4) is 5.75 Å². The topological polar surface area (TPSA) is 52.4 Å². The maximum absolute atomic E-state index is 11.9. The van der Waals surface area contributed by atoms with E-state index in [1.54, 1.807) is 13.8 Å². The molecule has 0 heterocycles. The summed E-state index contributed by atoms with van der Waals surface area (Å²) in [6, 6.07) is 2.72. The molecule has 76 valence electrons. The first-order chi connectivity index (χ1) is 6.56. The quantitative estimate of drug-likeness (QED) is 0.555. The molecule has 0 aromatic heterocycles. The summed E-state index contributed by atoms with van der Waals surface area (Å²) in [6.07, 6.45) is 0. The van der Waals surface area contributed by atoms with Gasteiger partial charge in [0.2, 0.25) is 6.86 Å². The number of halogens is 1. The fourth-order valence-corrected chi connectivity index (χ4v) is 1.32. The van der Waals surface area contributed by atoms with Gasteiger partial charge in [-0.2, -0.15) is 0 Å². The van der Waals surface area contributed by atoms with Gasteiger partial charge < -0.3 is 4.74 Å². The number of alkyl halides is 1. The van der Waals surface area contributed by atoms with E-state index in [0.29, 0.717) is 16.9 Å². The highest BCUT2D eigenvalue weighted by molar-refractivity contribution is 5.48. The second-order valence-electron chi connectivity index (χ2n) is 2.92. The van der Waals surface area contributed by atoms with Crippen LogP contribution in [0.2, 0.25) is 0 Å². The number of ether oxygens (including phenoxy) is 1. The molecule has 0 saturated carbocycles. The van der Waals surface area contributed by atoms with Gasteiger partial charge in [-0.3, -0.25) is 10.1 Å². The van der Waals surface area contributed by atoms with Crippen LogP contribution >= 0.6 is 0 Å². The predicted octanol–water partition coefficient (Wildman–Crippen LogP) is 2.52. The average molecular weight is 199 g/mol. The normalized spacial score (nSPS) is 9.93. The average Bonchev–Trinajstić information content (AvgIpc) is 2.10. The number of hydrogen-bond acceptors (Lipinski definition) is 3. The van der Waals surface area contributed by atoms with Crippen LogP contribution in [0.3, 0.4) is 0 Å². The summed E-state index contributed by atoms with van der Waals surface area (Å²) in [5.74, 6) is 0.373. The monoisotopic (exact) mass is 199 g/mol. The minimum atomic E-state index is -0.931. The van der Waals surface area contributed by atoms with Gasteiger partial charge in [-0.15, -0.1) is 0 Å². The summed E-state index contributed by atoms with van der Waals surface area (Å²) in [6.45, 7) is 2.36. The lowest BCUT2D eigenvalue weighted by Crippen LogP contribution is -1.97. The van der Waals surface area contributed by atoms with E-state index in [2.05, 4.69) is 0 Å². The third-order valence-corrected chi connectivity index (χ3v) is 1.85. The fraction of sp³-hybridized carbons (Fsp3) is 0.333. The molecule has 1 rings (SSSR count). The molecule has 0 fully saturated rings. The molecule has 4 nitrogen and oxygen atoms in total. The van der Waals surface area contributed by atoms with Gasteiger partial charge in [0.05, 0.1) is 4.92 Å². The second kappa shape index (κ2) is 4.04. The Morgan fingerprint density at radius 1 is 1.43 bits per heavy atom. The van der Waals surface area contributed by atoms with Crippen LogP contribution in [-0.4, -0.2) is 11.8 Å². The molecule has 5 heteroatoms. The van der Waals surface area contributed by atoms with Gasteiger partial charge in [-0.25, -0.2) is 4.39 Å². The van der Waals surface area contributed by atoms with Crippen molar-refractivity contribution in [1.82, 2.24) is 0 Å². The highest BCUT2D eigenvalue weighted by Gasteiger charge is 2.12. The summed E-state index contributed by atoms with van der Waals surface area (Å²) >= 11 is 0. The van der Waals surface area contributed by atoms with Crippen molar-refractivity contribution in [3.63, 3.8) is 0 Å². The predicted molar refractivity (Wildman–Crippen MR) is 49.2 cm³/mol. The zero-order valence-corrected chi connectivity index (χ0v) is 7.91. The summed E-state index contributed by atoms with van der Waals surface area (Å²) < 4.78 is 16.7. The van der Waals surface area contributed by atoms with Crippen molar-refractivity contribution >= 4 is 5.69 Å². The fourth-order valence-electron chi connectivity index (χ4n) is 1.32. The SMILES string of the molecule is Cc1cc([N+](=O)[O-])cc(C)c1OCF.